The topological polar surface area (TPSA) is 76.5 Å². The molecule has 0 bridgehead atoms. The van der Waals surface area contributed by atoms with E-state index in [2.05, 4.69) is 14.7 Å². The van der Waals surface area contributed by atoms with Gasteiger partial charge in [0.25, 0.3) is 0 Å². The van der Waals surface area contributed by atoms with Gasteiger partial charge >= 0.3 is 0 Å². The van der Waals surface area contributed by atoms with Gasteiger partial charge in [0.1, 0.15) is 0 Å². The molecule has 0 aliphatic carbocycles. The van der Waals surface area contributed by atoms with Crippen LogP contribution in [0.25, 0.3) is 0 Å². The van der Waals surface area contributed by atoms with Crippen molar-refractivity contribution in [2.45, 2.75) is 43.9 Å². The van der Waals surface area contributed by atoms with E-state index >= 15 is 0 Å². The van der Waals surface area contributed by atoms with Gasteiger partial charge in [-0.15, -0.1) is 0 Å². The Morgan fingerprint density at radius 3 is 2.78 bits per heavy atom. The fraction of sp³-hybridized carbons (Fsp3) is 0.800. The van der Waals surface area contributed by atoms with Gasteiger partial charge < -0.3 is 4.74 Å². The average Bonchev–Trinajstić information content (AvgIpc) is 2.85. The third kappa shape index (κ3) is 4.32. The molecule has 2 aliphatic rings. The van der Waals surface area contributed by atoms with E-state index in [-0.39, 0.29) is 11.6 Å². The Morgan fingerprint density at radius 2 is 2.17 bits per heavy atom. The van der Waals surface area contributed by atoms with Gasteiger partial charge in [-0.3, -0.25) is 9.58 Å². The van der Waals surface area contributed by atoms with E-state index in [1.807, 2.05) is 24.0 Å². The van der Waals surface area contributed by atoms with Crippen LogP contribution in [0.15, 0.2) is 12.3 Å². The molecule has 8 heteroatoms. The molecular weight excluding hydrogens is 316 g/mol. The van der Waals surface area contributed by atoms with Gasteiger partial charge in [-0.2, -0.15) is 5.10 Å². The van der Waals surface area contributed by atoms with Crippen LogP contribution < -0.4 is 4.72 Å². The maximum atomic E-state index is 11.5. The van der Waals surface area contributed by atoms with E-state index in [4.69, 9.17) is 4.74 Å². The minimum absolute atomic E-state index is 0.00220. The monoisotopic (exact) mass is 342 g/mol. The Hall–Kier alpha value is -0.960. The largest absolute Gasteiger partial charge is 0.375 e. The van der Waals surface area contributed by atoms with Crippen LogP contribution in [-0.2, 0) is 28.4 Å². The molecule has 0 aromatic carbocycles. The summed E-state index contributed by atoms with van der Waals surface area (Å²) in [5.41, 5.74) is 1.05. The van der Waals surface area contributed by atoms with Crippen molar-refractivity contribution in [2.75, 3.05) is 26.0 Å². The van der Waals surface area contributed by atoms with E-state index in [1.165, 1.54) is 11.9 Å². The highest BCUT2D eigenvalue weighted by molar-refractivity contribution is 7.88. The Balaban J connectivity index is 1.56. The highest BCUT2D eigenvalue weighted by Gasteiger charge is 2.40. The molecular formula is C15H26N4O3S. The van der Waals surface area contributed by atoms with Crippen LogP contribution in [0.1, 0.15) is 31.4 Å². The van der Waals surface area contributed by atoms with Crippen LogP contribution in [0.2, 0.25) is 0 Å². The normalized spacial score (nSPS) is 25.7. The molecule has 3 rings (SSSR count). The first-order valence-electron chi connectivity index (χ1n) is 8.16. The van der Waals surface area contributed by atoms with Crippen molar-refractivity contribution >= 4 is 10.0 Å². The molecule has 1 unspecified atom stereocenters. The zero-order valence-corrected chi connectivity index (χ0v) is 14.7. The Morgan fingerprint density at radius 1 is 1.43 bits per heavy atom. The van der Waals surface area contributed by atoms with E-state index in [0.29, 0.717) is 6.61 Å². The quantitative estimate of drug-likeness (QED) is 0.861. The summed E-state index contributed by atoms with van der Waals surface area (Å²) in [6.07, 6.45) is 6.49. The van der Waals surface area contributed by atoms with Gasteiger partial charge in [-0.1, -0.05) is 0 Å². The summed E-state index contributed by atoms with van der Waals surface area (Å²) in [6, 6.07) is 2.05. The zero-order valence-electron chi connectivity index (χ0n) is 13.9. The van der Waals surface area contributed by atoms with E-state index < -0.39 is 10.0 Å². The van der Waals surface area contributed by atoms with E-state index in [0.717, 1.165) is 45.3 Å². The maximum Gasteiger partial charge on any atom is 0.208 e. The fourth-order valence-corrected chi connectivity index (χ4v) is 4.49. The molecule has 0 amide bonds. The molecule has 1 spiro atoms. The van der Waals surface area contributed by atoms with Crippen LogP contribution in [0.4, 0.5) is 0 Å². The lowest BCUT2D eigenvalue weighted by Crippen LogP contribution is -2.53. The average molecular weight is 342 g/mol. The third-order valence-electron chi connectivity index (χ3n) is 4.95. The first-order valence-corrected chi connectivity index (χ1v) is 10.0. The molecule has 1 atom stereocenters. The fourth-order valence-electron chi connectivity index (χ4n) is 3.68. The summed E-state index contributed by atoms with van der Waals surface area (Å²) in [6.45, 7) is 3.47. The number of likely N-dealkylation sites (tertiary alicyclic amines) is 1. The second-order valence-electron chi connectivity index (χ2n) is 6.83. The summed E-state index contributed by atoms with van der Waals surface area (Å²) in [5, 5.41) is 4.21. The predicted octanol–water partition coefficient (Wildman–Crippen LogP) is 0.483. The van der Waals surface area contributed by atoms with Crippen molar-refractivity contribution in [3.05, 3.63) is 18.0 Å². The smallest absolute Gasteiger partial charge is 0.208 e. The van der Waals surface area contributed by atoms with Crippen molar-refractivity contribution in [3.63, 3.8) is 0 Å². The lowest BCUT2D eigenvalue weighted by atomic mass is 9.82. The summed E-state index contributed by atoms with van der Waals surface area (Å²) in [4.78, 5) is 2.42. The molecule has 1 aromatic rings. The standard InChI is InChI=1S/C15H26N4O3S/c1-18-14(3-7-16-18)12-19-8-5-15(6-9-19)11-13(4-10-22-15)17-23(2,20)21/h3,7,13,17H,4-6,8-12H2,1-2H3. The minimum Gasteiger partial charge on any atom is -0.375 e. The van der Waals surface area contributed by atoms with Crippen molar-refractivity contribution in [2.24, 2.45) is 7.05 Å². The molecule has 3 heterocycles. The third-order valence-corrected chi connectivity index (χ3v) is 5.71. The number of hydrogen-bond donors (Lipinski definition) is 1. The Labute approximate surface area is 138 Å². The number of aryl methyl sites for hydroxylation is 1. The van der Waals surface area contributed by atoms with Crippen LogP contribution in [0.3, 0.4) is 0 Å². The van der Waals surface area contributed by atoms with Gasteiger partial charge in [0.05, 0.1) is 17.6 Å². The van der Waals surface area contributed by atoms with E-state index in [1.54, 1.807) is 0 Å². The number of ether oxygens (including phenoxy) is 1. The Bertz CT molecular complexity index is 635. The number of piperidine rings is 1. The number of nitrogens with one attached hydrogen (secondary N) is 1. The van der Waals surface area contributed by atoms with Gasteiger partial charge in [-0.05, 0) is 31.7 Å². The lowest BCUT2D eigenvalue weighted by molar-refractivity contribution is -0.118. The molecule has 2 fully saturated rings. The van der Waals surface area contributed by atoms with Crippen molar-refractivity contribution in [1.29, 1.82) is 0 Å². The van der Waals surface area contributed by atoms with Crippen LogP contribution in [-0.4, -0.2) is 60.7 Å². The van der Waals surface area contributed by atoms with Gasteiger partial charge in [0.2, 0.25) is 10.0 Å². The molecule has 0 saturated carbocycles. The SMILES string of the molecule is Cn1nccc1CN1CCC2(CC1)CC(NS(C)(=O)=O)CCO2. The maximum absolute atomic E-state index is 11.5. The van der Waals surface area contributed by atoms with Crippen molar-refractivity contribution in [3.8, 4) is 0 Å². The molecule has 0 radical (unpaired) electrons. The van der Waals surface area contributed by atoms with Crippen molar-refractivity contribution < 1.29 is 13.2 Å². The summed E-state index contributed by atoms with van der Waals surface area (Å²) < 4.78 is 33.7. The van der Waals surface area contributed by atoms with E-state index in [9.17, 15) is 8.42 Å². The molecule has 23 heavy (non-hydrogen) atoms. The molecule has 2 saturated heterocycles. The first kappa shape index (κ1) is 16.9. The summed E-state index contributed by atoms with van der Waals surface area (Å²) in [5.74, 6) is 0. The number of aromatic nitrogens is 2. The molecule has 1 aromatic heterocycles. The Kier molecular flexibility index (Phi) is 4.78. The molecule has 1 N–H and O–H groups in total. The zero-order chi connectivity index (χ0) is 16.5. The highest BCUT2D eigenvalue weighted by Crippen LogP contribution is 2.35. The molecule has 2 aliphatic heterocycles. The number of hydrogen-bond acceptors (Lipinski definition) is 5. The predicted molar refractivity (Wildman–Crippen MR) is 87.4 cm³/mol. The summed E-state index contributed by atoms with van der Waals surface area (Å²) >= 11 is 0. The van der Waals surface area contributed by atoms with Crippen LogP contribution in [0, 0.1) is 0 Å². The number of sulfonamides is 1. The second kappa shape index (κ2) is 6.51. The van der Waals surface area contributed by atoms with Crippen LogP contribution in [0.5, 0.6) is 0 Å². The van der Waals surface area contributed by atoms with Gasteiger partial charge in [0.15, 0.2) is 0 Å². The number of nitrogens with zero attached hydrogens (tertiary/aromatic N) is 3. The lowest BCUT2D eigenvalue weighted by Gasteiger charge is -2.46. The van der Waals surface area contributed by atoms with Gasteiger partial charge in [0, 0.05) is 45.5 Å². The first-order chi connectivity index (χ1) is 10.9. The molecule has 130 valence electrons. The minimum atomic E-state index is -3.15. The van der Waals surface area contributed by atoms with Crippen molar-refractivity contribution in [1.82, 2.24) is 19.4 Å². The van der Waals surface area contributed by atoms with Gasteiger partial charge in [-0.25, -0.2) is 13.1 Å². The summed E-state index contributed by atoms with van der Waals surface area (Å²) in [7, 11) is -1.19. The molecule has 7 nitrogen and oxygen atoms in total. The highest BCUT2D eigenvalue weighted by atomic mass is 32.2. The second-order valence-corrected chi connectivity index (χ2v) is 8.61. The number of rotatable bonds is 4. The van der Waals surface area contributed by atoms with Crippen LogP contribution >= 0.6 is 0 Å².